The second-order valence-corrected chi connectivity index (χ2v) is 5.06. The Bertz CT molecular complexity index is 192. The highest BCUT2D eigenvalue weighted by molar-refractivity contribution is 4.93. The smallest absolute Gasteiger partial charge is 0.102 e. The van der Waals surface area contributed by atoms with Crippen molar-refractivity contribution in [2.45, 2.75) is 38.9 Å². The highest BCUT2D eigenvalue weighted by Crippen LogP contribution is 2.30. The summed E-state index contributed by atoms with van der Waals surface area (Å²) in [5.41, 5.74) is -0.266. The molecule has 0 aromatic heterocycles. The van der Waals surface area contributed by atoms with E-state index in [1.54, 1.807) is 7.11 Å². The van der Waals surface area contributed by atoms with Crippen molar-refractivity contribution in [2.24, 2.45) is 5.92 Å². The summed E-state index contributed by atoms with van der Waals surface area (Å²) in [7, 11) is 1.72. The fourth-order valence-corrected chi connectivity index (χ4v) is 1.92. The molecule has 1 aliphatic rings. The lowest BCUT2D eigenvalue weighted by Gasteiger charge is -2.47. The molecule has 1 saturated heterocycles. The van der Waals surface area contributed by atoms with Crippen LogP contribution in [0.2, 0.25) is 0 Å². The SMILES string of the molecule is COCC1(C)CNCC(C)(C(C)C)O1. The highest BCUT2D eigenvalue weighted by atomic mass is 16.6. The van der Waals surface area contributed by atoms with Gasteiger partial charge >= 0.3 is 0 Å². The van der Waals surface area contributed by atoms with Crippen LogP contribution in [0.4, 0.5) is 0 Å². The van der Waals surface area contributed by atoms with E-state index in [-0.39, 0.29) is 11.2 Å². The van der Waals surface area contributed by atoms with Gasteiger partial charge in [-0.2, -0.15) is 0 Å². The van der Waals surface area contributed by atoms with Crippen LogP contribution in [0, 0.1) is 5.92 Å². The molecule has 1 rings (SSSR count). The van der Waals surface area contributed by atoms with Crippen molar-refractivity contribution in [3.8, 4) is 0 Å². The zero-order chi connectivity index (χ0) is 10.8. The Kier molecular flexibility index (Phi) is 3.56. The molecule has 2 unspecified atom stereocenters. The Balaban J connectivity index is 2.67. The van der Waals surface area contributed by atoms with Crippen LogP contribution in [-0.4, -0.2) is 38.0 Å². The number of hydrogen-bond donors (Lipinski definition) is 1. The molecule has 1 fully saturated rings. The lowest BCUT2D eigenvalue weighted by molar-refractivity contribution is -0.198. The summed E-state index contributed by atoms with van der Waals surface area (Å²) in [5.74, 6) is 0.506. The van der Waals surface area contributed by atoms with E-state index in [1.807, 2.05) is 0 Å². The quantitative estimate of drug-likeness (QED) is 0.749. The highest BCUT2D eigenvalue weighted by Gasteiger charge is 2.41. The van der Waals surface area contributed by atoms with Gasteiger partial charge in [-0.1, -0.05) is 13.8 Å². The molecule has 1 heterocycles. The van der Waals surface area contributed by atoms with Crippen molar-refractivity contribution < 1.29 is 9.47 Å². The normalized spacial score (nSPS) is 39.0. The number of methoxy groups -OCH3 is 1. The monoisotopic (exact) mass is 201 g/mol. The molecule has 0 bridgehead atoms. The Labute approximate surface area is 87.2 Å². The zero-order valence-electron chi connectivity index (χ0n) is 10.0. The lowest BCUT2D eigenvalue weighted by Crippen LogP contribution is -2.61. The van der Waals surface area contributed by atoms with Crippen molar-refractivity contribution in [3.05, 3.63) is 0 Å². The number of morpholine rings is 1. The fraction of sp³-hybridized carbons (Fsp3) is 1.00. The third-order valence-corrected chi connectivity index (χ3v) is 3.13. The average Bonchev–Trinajstić information content (AvgIpc) is 2.03. The van der Waals surface area contributed by atoms with Crippen molar-refractivity contribution in [1.29, 1.82) is 0 Å². The third-order valence-electron chi connectivity index (χ3n) is 3.13. The van der Waals surface area contributed by atoms with Crippen LogP contribution in [0.5, 0.6) is 0 Å². The molecule has 3 heteroatoms. The summed E-state index contributed by atoms with van der Waals surface area (Å²) in [5, 5.41) is 3.43. The Hall–Kier alpha value is -0.120. The topological polar surface area (TPSA) is 30.5 Å². The van der Waals surface area contributed by atoms with Gasteiger partial charge in [0.15, 0.2) is 0 Å². The molecule has 1 N–H and O–H groups in total. The van der Waals surface area contributed by atoms with E-state index >= 15 is 0 Å². The van der Waals surface area contributed by atoms with Crippen molar-refractivity contribution in [2.75, 3.05) is 26.8 Å². The molecule has 0 aliphatic carbocycles. The summed E-state index contributed by atoms with van der Waals surface area (Å²) >= 11 is 0. The first-order chi connectivity index (χ1) is 6.42. The summed E-state index contributed by atoms with van der Waals surface area (Å²) in [6.07, 6.45) is 0. The minimum absolute atomic E-state index is 0.0778. The third kappa shape index (κ3) is 2.47. The first-order valence-electron chi connectivity index (χ1n) is 5.32. The van der Waals surface area contributed by atoms with Crippen LogP contribution in [0.3, 0.4) is 0 Å². The summed E-state index contributed by atoms with van der Waals surface area (Å²) < 4.78 is 11.4. The maximum Gasteiger partial charge on any atom is 0.102 e. The first kappa shape index (κ1) is 12.0. The molecule has 0 aromatic carbocycles. The predicted molar refractivity (Wildman–Crippen MR) is 57.5 cm³/mol. The van der Waals surface area contributed by atoms with E-state index in [4.69, 9.17) is 9.47 Å². The maximum atomic E-state index is 6.18. The van der Waals surface area contributed by atoms with E-state index < -0.39 is 0 Å². The number of rotatable bonds is 3. The molecule has 0 aromatic rings. The second kappa shape index (κ2) is 4.17. The lowest BCUT2D eigenvalue weighted by atomic mass is 9.88. The minimum atomic E-state index is -0.188. The molecule has 2 atom stereocenters. The Morgan fingerprint density at radius 2 is 2.00 bits per heavy atom. The van der Waals surface area contributed by atoms with Crippen LogP contribution in [-0.2, 0) is 9.47 Å². The van der Waals surface area contributed by atoms with E-state index in [1.165, 1.54) is 0 Å². The molecule has 0 saturated carbocycles. The van der Waals surface area contributed by atoms with Gasteiger partial charge in [0.2, 0.25) is 0 Å². The summed E-state index contributed by atoms with van der Waals surface area (Å²) in [4.78, 5) is 0. The van der Waals surface area contributed by atoms with E-state index in [0.29, 0.717) is 12.5 Å². The van der Waals surface area contributed by atoms with Gasteiger partial charge in [-0.3, -0.25) is 0 Å². The molecule has 84 valence electrons. The predicted octanol–water partition coefficient (Wildman–Crippen LogP) is 1.43. The fourth-order valence-electron chi connectivity index (χ4n) is 1.92. The zero-order valence-corrected chi connectivity index (χ0v) is 10.0. The molecular weight excluding hydrogens is 178 g/mol. The molecule has 0 spiro atoms. The Morgan fingerprint density at radius 1 is 1.36 bits per heavy atom. The van der Waals surface area contributed by atoms with Gasteiger partial charge in [-0.25, -0.2) is 0 Å². The van der Waals surface area contributed by atoms with Gasteiger partial charge in [0.1, 0.15) is 5.60 Å². The van der Waals surface area contributed by atoms with Crippen LogP contribution in [0.25, 0.3) is 0 Å². The van der Waals surface area contributed by atoms with Crippen molar-refractivity contribution in [3.63, 3.8) is 0 Å². The van der Waals surface area contributed by atoms with Gasteiger partial charge in [-0.15, -0.1) is 0 Å². The Morgan fingerprint density at radius 3 is 2.50 bits per heavy atom. The van der Waals surface area contributed by atoms with Crippen LogP contribution < -0.4 is 5.32 Å². The van der Waals surface area contributed by atoms with E-state index in [2.05, 4.69) is 33.0 Å². The molecule has 0 radical (unpaired) electrons. The number of hydrogen-bond acceptors (Lipinski definition) is 3. The molecule has 3 nitrogen and oxygen atoms in total. The minimum Gasteiger partial charge on any atom is -0.382 e. The van der Waals surface area contributed by atoms with Gasteiger partial charge in [0.05, 0.1) is 12.2 Å². The molecule has 14 heavy (non-hydrogen) atoms. The summed E-state index contributed by atoms with van der Waals surface area (Å²) in [6, 6.07) is 0. The average molecular weight is 201 g/mol. The number of nitrogens with one attached hydrogen (secondary N) is 1. The molecule has 1 aliphatic heterocycles. The largest absolute Gasteiger partial charge is 0.382 e. The van der Waals surface area contributed by atoms with Gasteiger partial charge < -0.3 is 14.8 Å². The van der Waals surface area contributed by atoms with Gasteiger partial charge in [0.25, 0.3) is 0 Å². The number of ether oxygens (including phenoxy) is 2. The van der Waals surface area contributed by atoms with Crippen molar-refractivity contribution in [1.82, 2.24) is 5.32 Å². The standard InChI is InChI=1S/C11H23NO2/c1-9(2)11(4)7-12-6-10(3,14-11)8-13-5/h9,12H,6-8H2,1-5H3. The molecular formula is C11H23NO2. The summed E-state index contributed by atoms with van der Waals surface area (Å²) in [6.45, 7) is 11.1. The van der Waals surface area contributed by atoms with E-state index in [9.17, 15) is 0 Å². The van der Waals surface area contributed by atoms with Crippen molar-refractivity contribution >= 4 is 0 Å². The van der Waals surface area contributed by atoms with Gasteiger partial charge in [0, 0.05) is 20.2 Å². The maximum absolute atomic E-state index is 6.18. The van der Waals surface area contributed by atoms with Crippen LogP contribution in [0.15, 0.2) is 0 Å². The van der Waals surface area contributed by atoms with Gasteiger partial charge in [-0.05, 0) is 19.8 Å². The first-order valence-corrected chi connectivity index (χ1v) is 5.32. The van der Waals surface area contributed by atoms with E-state index in [0.717, 1.165) is 13.1 Å². The second-order valence-electron chi connectivity index (χ2n) is 5.06. The van der Waals surface area contributed by atoms with Crippen LogP contribution in [0.1, 0.15) is 27.7 Å². The molecule has 0 amide bonds. The van der Waals surface area contributed by atoms with Crippen LogP contribution >= 0.6 is 0 Å².